The van der Waals surface area contributed by atoms with Crippen LogP contribution in [0.4, 0.5) is 0 Å². The second-order valence-corrected chi connectivity index (χ2v) is 7.13. The van der Waals surface area contributed by atoms with Crippen molar-refractivity contribution in [3.05, 3.63) is 29.3 Å². The molecule has 0 bridgehead atoms. The predicted octanol–water partition coefficient (Wildman–Crippen LogP) is 1.66. The van der Waals surface area contributed by atoms with Crippen LogP contribution in [-0.2, 0) is 14.8 Å². The Bertz CT molecular complexity index is 586. The molecule has 20 heavy (non-hydrogen) atoms. The monoisotopic (exact) mass is 316 g/mol. The molecule has 1 saturated carbocycles. The largest absolute Gasteiger partial charge is 0.369 e. The molecule has 0 saturated heterocycles. The molecule has 1 aromatic carbocycles. The number of amides is 1. The Morgan fingerprint density at radius 2 is 1.80 bits per heavy atom. The van der Waals surface area contributed by atoms with Gasteiger partial charge in [0.05, 0.1) is 10.8 Å². The third-order valence-corrected chi connectivity index (χ3v) is 5.32. The number of rotatable bonds is 4. The average molecular weight is 317 g/mol. The highest BCUT2D eigenvalue weighted by Gasteiger charge is 2.32. The summed E-state index contributed by atoms with van der Waals surface area (Å²) in [6.07, 6.45) is 3.04. The summed E-state index contributed by atoms with van der Waals surface area (Å²) in [4.78, 5) is 11.5. The molecule has 0 heterocycles. The lowest BCUT2D eigenvalue weighted by atomic mass is 9.85. The molecular weight excluding hydrogens is 300 g/mol. The summed E-state index contributed by atoms with van der Waals surface area (Å²) in [5.74, 6) is -0.890. The molecule has 5 nitrogen and oxygen atoms in total. The van der Waals surface area contributed by atoms with Crippen molar-refractivity contribution in [3.63, 3.8) is 0 Å². The lowest BCUT2D eigenvalue weighted by Gasteiger charge is -2.29. The van der Waals surface area contributed by atoms with E-state index in [0.717, 1.165) is 12.8 Å². The van der Waals surface area contributed by atoms with Gasteiger partial charge in [0.2, 0.25) is 15.9 Å². The quantitative estimate of drug-likeness (QED) is 0.885. The minimum atomic E-state index is -3.66. The number of hydrogen-bond acceptors (Lipinski definition) is 3. The van der Waals surface area contributed by atoms with Crippen molar-refractivity contribution in [2.45, 2.75) is 36.6 Å². The summed E-state index contributed by atoms with van der Waals surface area (Å²) in [5, 5.41) is 0.469. The molecule has 1 aliphatic carbocycles. The van der Waals surface area contributed by atoms with Crippen LogP contribution >= 0.6 is 11.6 Å². The minimum absolute atomic E-state index is 0.135. The van der Waals surface area contributed by atoms with Gasteiger partial charge in [-0.1, -0.05) is 24.4 Å². The van der Waals surface area contributed by atoms with Crippen LogP contribution in [0.5, 0.6) is 0 Å². The van der Waals surface area contributed by atoms with Crippen molar-refractivity contribution in [2.75, 3.05) is 0 Å². The Morgan fingerprint density at radius 3 is 2.40 bits per heavy atom. The van der Waals surface area contributed by atoms with Gasteiger partial charge in [0, 0.05) is 11.1 Å². The molecule has 1 fully saturated rings. The summed E-state index contributed by atoms with van der Waals surface area (Å²) in [6.45, 7) is 0. The van der Waals surface area contributed by atoms with E-state index in [1.165, 1.54) is 24.3 Å². The number of carbonyl (C=O) groups excluding carboxylic acids is 1. The highest BCUT2D eigenvalue weighted by atomic mass is 35.5. The molecule has 1 amide bonds. The van der Waals surface area contributed by atoms with Crippen molar-refractivity contribution < 1.29 is 13.2 Å². The molecular formula is C13H17ClN2O3S. The molecule has 2 atom stereocenters. The summed E-state index contributed by atoms with van der Waals surface area (Å²) in [6, 6.07) is 5.48. The lowest BCUT2D eigenvalue weighted by molar-refractivity contribution is -0.123. The molecule has 110 valence electrons. The third kappa shape index (κ3) is 3.50. The number of sulfonamides is 1. The maximum absolute atomic E-state index is 12.3. The van der Waals surface area contributed by atoms with Crippen molar-refractivity contribution in [1.82, 2.24) is 4.72 Å². The van der Waals surface area contributed by atoms with E-state index >= 15 is 0 Å². The van der Waals surface area contributed by atoms with Crippen LogP contribution in [0.1, 0.15) is 25.7 Å². The van der Waals surface area contributed by atoms with Crippen LogP contribution in [-0.4, -0.2) is 20.4 Å². The van der Waals surface area contributed by atoms with E-state index < -0.39 is 27.9 Å². The highest BCUT2D eigenvalue weighted by molar-refractivity contribution is 7.89. The molecule has 0 unspecified atom stereocenters. The topological polar surface area (TPSA) is 89.3 Å². The predicted molar refractivity (Wildman–Crippen MR) is 76.7 cm³/mol. The Labute approximate surface area is 123 Å². The summed E-state index contributed by atoms with van der Waals surface area (Å²) in [5.41, 5.74) is 5.34. The molecule has 0 aromatic heterocycles. The Kier molecular flexibility index (Phi) is 4.67. The van der Waals surface area contributed by atoms with E-state index in [4.69, 9.17) is 17.3 Å². The number of primary amides is 1. The zero-order valence-corrected chi connectivity index (χ0v) is 12.5. The van der Waals surface area contributed by atoms with Gasteiger partial charge in [-0.2, -0.15) is 0 Å². The summed E-state index contributed by atoms with van der Waals surface area (Å²) < 4.78 is 27.1. The van der Waals surface area contributed by atoms with Crippen molar-refractivity contribution in [3.8, 4) is 0 Å². The van der Waals surface area contributed by atoms with Crippen LogP contribution in [0, 0.1) is 5.92 Å². The van der Waals surface area contributed by atoms with E-state index in [1.807, 2.05) is 0 Å². The first-order valence-electron chi connectivity index (χ1n) is 6.47. The number of nitrogens with two attached hydrogens (primary N) is 1. The van der Waals surface area contributed by atoms with E-state index in [1.54, 1.807) is 0 Å². The third-order valence-electron chi connectivity index (χ3n) is 3.56. The molecule has 3 N–H and O–H groups in total. The van der Waals surface area contributed by atoms with Crippen LogP contribution in [0.25, 0.3) is 0 Å². The molecule has 0 spiro atoms. The maximum atomic E-state index is 12.3. The smallest absolute Gasteiger partial charge is 0.240 e. The second-order valence-electron chi connectivity index (χ2n) is 4.98. The van der Waals surface area contributed by atoms with Crippen LogP contribution < -0.4 is 10.5 Å². The molecule has 0 aliphatic heterocycles. The van der Waals surface area contributed by atoms with E-state index in [2.05, 4.69) is 4.72 Å². The second kappa shape index (κ2) is 6.11. The van der Waals surface area contributed by atoms with Crippen LogP contribution in [0.15, 0.2) is 29.2 Å². The zero-order chi connectivity index (χ0) is 14.8. The average Bonchev–Trinajstić information content (AvgIpc) is 2.39. The maximum Gasteiger partial charge on any atom is 0.240 e. The summed E-state index contributed by atoms with van der Waals surface area (Å²) >= 11 is 5.74. The minimum Gasteiger partial charge on any atom is -0.369 e. The Morgan fingerprint density at radius 1 is 1.20 bits per heavy atom. The molecule has 7 heteroatoms. The van der Waals surface area contributed by atoms with Gasteiger partial charge in [-0.15, -0.1) is 0 Å². The lowest BCUT2D eigenvalue weighted by Crippen LogP contribution is -2.46. The van der Waals surface area contributed by atoms with E-state index in [9.17, 15) is 13.2 Å². The summed E-state index contributed by atoms with van der Waals surface area (Å²) in [7, 11) is -3.66. The number of benzene rings is 1. The molecule has 1 aromatic rings. The number of hydrogen-bond donors (Lipinski definition) is 2. The van der Waals surface area contributed by atoms with Crippen LogP contribution in [0.2, 0.25) is 5.02 Å². The van der Waals surface area contributed by atoms with Crippen molar-refractivity contribution in [2.24, 2.45) is 11.7 Å². The van der Waals surface area contributed by atoms with Gasteiger partial charge in [0.25, 0.3) is 0 Å². The van der Waals surface area contributed by atoms with E-state index in [0.29, 0.717) is 17.9 Å². The Hall–Kier alpha value is -1.11. The van der Waals surface area contributed by atoms with Gasteiger partial charge in [0.1, 0.15) is 0 Å². The molecule has 2 rings (SSSR count). The van der Waals surface area contributed by atoms with Gasteiger partial charge < -0.3 is 5.73 Å². The fourth-order valence-electron chi connectivity index (χ4n) is 2.49. The molecule has 1 aliphatic rings. The number of carbonyl (C=O) groups is 1. The first-order valence-corrected chi connectivity index (χ1v) is 8.33. The van der Waals surface area contributed by atoms with Crippen molar-refractivity contribution in [1.29, 1.82) is 0 Å². The Balaban J connectivity index is 2.18. The normalized spacial score (nSPS) is 23.4. The van der Waals surface area contributed by atoms with Gasteiger partial charge in [-0.05, 0) is 37.1 Å². The SMILES string of the molecule is NC(=O)[C@H]1CCCC[C@H]1NS(=O)(=O)c1ccc(Cl)cc1. The van der Waals surface area contributed by atoms with Gasteiger partial charge in [-0.25, -0.2) is 13.1 Å². The highest BCUT2D eigenvalue weighted by Crippen LogP contribution is 2.26. The number of nitrogens with one attached hydrogen (secondary N) is 1. The number of halogens is 1. The first kappa shape index (κ1) is 15.3. The van der Waals surface area contributed by atoms with Crippen molar-refractivity contribution >= 4 is 27.5 Å². The zero-order valence-electron chi connectivity index (χ0n) is 10.9. The van der Waals surface area contributed by atoms with Gasteiger partial charge in [0.15, 0.2) is 0 Å². The van der Waals surface area contributed by atoms with E-state index in [-0.39, 0.29) is 4.90 Å². The molecule has 0 radical (unpaired) electrons. The first-order chi connectivity index (χ1) is 9.40. The standard InChI is InChI=1S/C13H17ClN2O3S/c14-9-5-7-10(8-6-9)20(18,19)16-12-4-2-1-3-11(12)13(15)17/h5-8,11-12,16H,1-4H2,(H2,15,17)/t11-,12+/m0/s1. The fourth-order valence-corrected chi connectivity index (χ4v) is 3.93. The van der Waals surface area contributed by atoms with Crippen LogP contribution in [0.3, 0.4) is 0 Å². The van der Waals surface area contributed by atoms with Gasteiger partial charge >= 0.3 is 0 Å². The van der Waals surface area contributed by atoms with Gasteiger partial charge in [-0.3, -0.25) is 4.79 Å². The fraction of sp³-hybridized carbons (Fsp3) is 0.462.